The predicted molar refractivity (Wildman–Crippen MR) is 72.9 cm³/mol. The van der Waals surface area contributed by atoms with Crippen molar-refractivity contribution in [1.29, 1.82) is 5.26 Å². The van der Waals surface area contributed by atoms with Crippen molar-refractivity contribution in [3.05, 3.63) is 24.3 Å². The van der Waals surface area contributed by atoms with Crippen molar-refractivity contribution in [2.75, 3.05) is 23.4 Å². The van der Waals surface area contributed by atoms with Crippen molar-refractivity contribution < 1.29 is 17.9 Å². The molecule has 0 saturated carbocycles. The van der Waals surface area contributed by atoms with Gasteiger partial charge in [-0.1, -0.05) is 6.07 Å². The topological polar surface area (TPSA) is 96.3 Å². The second-order valence-corrected chi connectivity index (χ2v) is 6.79. The molecule has 0 spiro atoms. The summed E-state index contributed by atoms with van der Waals surface area (Å²) >= 11 is 0. The number of nitrogens with zero attached hydrogens (tertiary/aromatic N) is 1. The van der Waals surface area contributed by atoms with Crippen LogP contribution in [0.25, 0.3) is 0 Å². The Morgan fingerprint density at radius 3 is 2.95 bits per heavy atom. The zero-order valence-electron chi connectivity index (χ0n) is 10.7. The molecule has 1 unspecified atom stereocenters. The van der Waals surface area contributed by atoms with Crippen LogP contribution in [0.4, 0.5) is 5.69 Å². The number of hydrogen-bond acceptors (Lipinski definition) is 5. The van der Waals surface area contributed by atoms with Gasteiger partial charge in [-0.25, -0.2) is 8.42 Å². The zero-order valence-corrected chi connectivity index (χ0v) is 11.5. The van der Waals surface area contributed by atoms with Gasteiger partial charge in [0.25, 0.3) is 0 Å². The molecule has 1 aliphatic heterocycles. The molecule has 0 radical (unpaired) electrons. The molecule has 1 aromatic rings. The third kappa shape index (κ3) is 3.71. The van der Waals surface area contributed by atoms with Crippen LogP contribution < -0.4 is 10.1 Å². The van der Waals surface area contributed by atoms with Crippen LogP contribution in [0.5, 0.6) is 5.75 Å². The van der Waals surface area contributed by atoms with Gasteiger partial charge in [0.1, 0.15) is 11.8 Å². The highest BCUT2D eigenvalue weighted by Gasteiger charge is 2.32. The minimum Gasteiger partial charge on any atom is -0.479 e. The van der Waals surface area contributed by atoms with Gasteiger partial charge in [-0.15, -0.1) is 0 Å². The van der Waals surface area contributed by atoms with Crippen molar-refractivity contribution in [3.63, 3.8) is 0 Å². The summed E-state index contributed by atoms with van der Waals surface area (Å²) in [7, 11) is -3.07. The van der Waals surface area contributed by atoms with E-state index < -0.39 is 15.8 Å². The minimum absolute atomic E-state index is 0.0659. The quantitative estimate of drug-likeness (QED) is 0.892. The monoisotopic (exact) mass is 294 g/mol. The van der Waals surface area contributed by atoms with Crippen molar-refractivity contribution in [3.8, 4) is 11.8 Å². The first-order valence-electron chi connectivity index (χ1n) is 6.11. The lowest BCUT2D eigenvalue weighted by Gasteiger charge is -2.10. The normalized spacial score (nSPS) is 20.1. The molecule has 0 aromatic heterocycles. The first-order valence-corrected chi connectivity index (χ1v) is 7.93. The summed E-state index contributed by atoms with van der Waals surface area (Å²) in [6.45, 7) is -0.0712. The van der Waals surface area contributed by atoms with Gasteiger partial charge >= 0.3 is 0 Å². The van der Waals surface area contributed by atoms with Crippen molar-refractivity contribution >= 4 is 21.4 Å². The molecule has 1 saturated heterocycles. The number of rotatable bonds is 4. The lowest BCUT2D eigenvalue weighted by Crippen LogP contribution is -2.23. The van der Waals surface area contributed by atoms with Crippen molar-refractivity contribution in [1.82, 2.24) is 0 Å². The van der Waals surface area contributed by atoms with E-state index in [0.717, 1.165) is 0 Å². The van der Waals surface area contributed by atoms with Gasteiger partial charge in [-0.3, -0.25) is 4.79 Å². The van der Waals surface area contributed by atoms with Crippen LogP contribution >= 0.6 is 0 Å². The maximum atomic E-state index is 12.0. The van der Waals surface area contributed by atoms with E-state index >= 15 is 0 Å². The Labute approximate surface area is 117 Å². The molecule has 1 amide bonds. The number of sulfone groups is 1. The highest BCUT2D eigenvalue weighted by molar-refractivity contribution is 7.91. The molecule has 1 N–H and O–H groups in total. The van der Waals surface area contributed by atoms with Gasteiger partial charge in [0, 0.05) is 11.8 Å². The average molecular weight is 294 g/mol. The molecule has 1 fully saturated rings. The standard InChI is InChI=1S/C13H14N2O4S/c14-5-6-19-12-3-1-2-11(8-12)15-13(16)10-4-7-20(17,18)9-10/h1-3,8,10H,4,6-7,9H2,(H,15,16). The third-order valence-corrected chi connectivity index (χ3v) is 4.78. The van der Waals surface area contributed by atoms with Crippen LogP contribution in [0.15, 0.2) is 24.3 Å². The SMILES string of the molecule is N#CCOc1cccc(NC(=O)C2CCS(=O)(=O)C2)c1. The van der Waals surface area contributed by atoms with Crippen LogP contribution in [-0.4, -0.2) is 32.4 Å². The Hall–Kier alpha value is -2.07. The number of hydrogen-bond donors (Lipinski definition) is 1. The molecule has 0 aliphatic carbocycles. The van der Waals surface area contributed by atoms with E-state index in [0.29, 0.717) is 17.9 Å². The number of ether oxygens (including phenoxy) is 1. The Morgan fingerprint density at radius 2 is 2.30 bits per heavy atom. The molecular weight excluding hydrogens is 280 g/mol. The maximum Gasteiger partial charge on any atom is 0.228 e. The average Bonchev–Trinajstić information content (AvgIpc) is 2.77. The molecule has 1 aromatic carbocycles. The molecule has 1 heterocycles. The van der Waals surface area contributed by atoms with E-state index in [1.165, 1.54) is 0 Å². The summed E-state index contributed by atoms with van der Waals surface area (Å²) in [5, 5.41) is 11.1. The van der Waals surface area contributed by atoms with Crippen molar-refractivity contribution in [2.45, 2.75) is 6.42 Å². The molecule has 1 aliphatic rings. The highest BCUT2D eigenvalue weighted by Crippen LogP contribution is 2.22. The van der Waals surface area contributed by atoms with Crippen LogP contribution in [0.2, 0.25) is 0 Å². The second-order valence-electron chi connectivity index (χ2n) is 4.56. The minimum atomic E-state index is -3.07. The van der Waals surface area contributed by atoms with Gasteiger partial charge in [0.15, 0.2) is 16.4 Å². The van der Waals surface area contributed by atoms with Crippen molar-refractivity contribution in [2.24, 2.45) is 5.92 Å². The van der Waals surface area contributed by atoms with Gasteiger partial charge in [-0.05, 0) is 18.6 Å². The van der Waals surface area contributed by atoms with Crippen LogP contribution in [0.1, 0.15) is 6.42 Å². The fourth-order valence-electron chi connectivity index (χ4n) is 2.03. The number of amides is 1. The molecule has 6 nitrogen and oxygen atoms in total. The Kier molecular flexibility index (Phi) is 4.25. The van der Waals surface area contributed by atoms with Gasteiger partial charge < -0.3 is 10.1 Å². The Morgan fingerprint density at radius 1 is 1.50 bits per heavy atom. The highest BCUT2D eigenvalue weighted by atomic mass is 32.2. The molecule has 0 bridgehead atoms. The summed E-state index contributed by atoms with van der Waals surface area (Å²) < 4.78 is 27.8. The largest absolute Gasteiger partial charge is 0.479 e. The van der Waals surface area contributed by atoms with E-state index in [2.05, 4.69) is 5.32 Å². The van der Waals surface area contributed by atoms with E-state index in [1.807, 2.05) is 6.07 Å². The summed E-state index contributed by atoms with van der Waals surface area (Å²) in [5.74, 6) is -0.351. The number of carbonyl (C=O) groups is 1. The Balaban J connectivity index is 2.00. The van der Waals surface area contributed by atoms with Gasteiger partial charge in [0.2, 0.25) is 5.91 Å². The first-order chi connectivity index (χ1) is 9.50. The summed E-state index contributed by atoms with van der Waals surface area (Å²) in [4.78, 5) is 12.0. The fraction of sp³-hybridized carbons (Fsp3) is 0.385. The summed E-state index contributed by atoms with van der Waals surface area (Å²) in [6, 6.07) is 8.49. The third-order valence-electron chi connectivity index (χ3n) is 3.01. The molecular formula is C13H14N2O4S. The molecule has 7 heteroatoms. The lowest BCUT2D eigenvalue weighted by atomic mass is 10.1. The van der Waals surface area contributed by atoms with Crippen LogP contribution in [0.3, 0.4) is 0 Å². The number of anilines is 1. The number of carbonyl (C=O) groups excluding carboxylic acids is 1. The van der Waals surface area contributed by atoms with E-state index in [-0.39, 0.29) is 24.0 Å². The smallest absolute Gasteiger partial charge is 0.228 e. The maximum absolute atomic E-state index is 12.0. The van der Waals surface area contributed by atoms with Crippen LogP contribution in [-0.2, 0) is 14.6 Å². The molecule has 1 atom stereocenters. The lowest BCUT2D eigenvalue weighted by molar-refractivity contribution is -0.119. The fourth-order valence-corrected chi connectivity index (χ4v) is 3.77. The Bertz CT molecular complexity index is 649. The summed E-state index contributed by atoms with van der Waals surface area (Å²) in [6.07, 6.45) is 0.360. The van der Waals surface area contributed by atoms with Gasteiger partial charge in [-0.2, -0.15) is 5.26 Å². The summed E-state index contributed by atoms with van der Waals surface area (Å²) in [5.41, 5.74) is 0.523. The zero-order chi connectivity index (χ0) is 14.6. The van der Waals surface area contributed by atoms with E-state index in [1.54, 1.807) is 24.3 Å². The van der Waals surface area contributed by atoms with E-state index in [4.69, 9.17) is 10.00 Å². The van der Waals surface area contributed by atoms with E-state index in [9.17, 15) is 13.2 Å². The first kappa shape index (κ1) is 14.3. The number of nitriles is 1. The number of benzene rings is 1. The second kappa shape index (κ2) is 5.92. The van der Waals surface area contributed by atoms with Crippen LogP contribution in [0, 0.1) is 17.2 Å². The molecule has 20 heavy (non-hydrogen) atoms. The number of nitrogens with one attached hydrogen (secondary N) is 1. The van der Waals surface area contributed by atoms with Gasteiger partial charge in [0.05, 0.1) is 17.4 Å². The predicted octanol–water partition coefficient (Wildman–Crippen LogP) is 0.962. The molecule has 106 valence electrons. The molecule has 2 rings (SSSR count).